The molecule has 2 aromatic carbocycles. The minimum absolute atomic E-state index is 0.0466. The maximum atomic E-state index is 12.8. The molecule has 0 saturated carbocycles. The molecule has 0 unspecified atom stereocenters. The third kappa shape index (κ3) is 5.88. The van der Waals surface area contributed by atoms with E-state index in [2.05, 4.69) is 10.5 Å². The monoisotopic (exact) mass is 427 g/mol. The summed E-state index contributed by atoms with van der Waals surface area (Å²) in [5.41, 5.74) is 2.10. The number of amides is 2. The predicted molar refractivity (Wildman–Crippen MR) is 117 cm³/mol. The van der Waals surface area contributed by atoms with E-state index in [0.717, 1.165) is 33.0 Å². The average molecular weight is 428 g/mol. The number of hydrogen-bond donors (Lipinski definition) is 1. The number of rotatable bonds is 6. The Bertz CT molecular complexity index is 1000. The molecule has 0 aliphatic heterocycles. The van der Waals surface area contributed by atoms with Crippen LogP contribution in [-0.2, 0) is 5.75 Å². The number of hydrogen-bond acceptors (Lipinski definition) is 6. The van der Waals surface area contributed by atoms with Crippen LogP contribution in [0.5, 0.6) is 0 Å². The molecule has 0 spiro atoms. The van der Waals surface area contributed by atoms with Crippen LogP contribution in [0.2, 0.25) is 0 Å². The molecule has 150 valence electrons. The van der Waals surface area contributed by atoms with E-state index in [1.807, 2.05) is 43.3 Å². The first kappa shape index (κ1) is 21.0. The largest absolute Gasteiger partial charge is 0.360 e. The molecular formula is C21H21N3O3S2. The van der Waals surface area contributed by atoms with Gasteiger partial charge in [-0.2, -0.15) is 0 Å². The number of benzene rings is 2. The number of nitrogens with one attached hydrogen (secondary N) is 1. The van der Waals surface area contributed by atoms with E-state index in [4.69, 9.17) is 4.52 Å². The Morgan fingerprint density at radius 1 is 1.10 bits per heavy atom. The lowest BCUT2D eigenvalue weighted by Crippen LogP contribution is -2.16. The molecule has 1 aromatic heterocycles. The summed E-state index contributed by atoms with van der Waals surface area (Å²) in [4.78, 5) is 27.8. The van der Waals surface area contributed by atoms with Crippen molar-refractivity contribution in [3.63, 3.8) is 0 Å². The van der Waals surface area contributed by atoms with Crippen LogP contribution in [0.1, 0.15) is 21.8 Å². The molecule has 6 nitrogen and oxygen atoms in total. The van der Waals surface area contributed by atoms with Gasteiger partial charge in [0.05, 0.1) is 17.0 Å². The average Bonchev–Trinajstić information content (AvgIpc) is 3.13. The lowest BCUT2D eigenvalue weighted by atomic mass is 10.2. The zero-order valence-electron chi connectivity index (χ0n) is 16.3. The fraction of sp³-hybridized carbons (Fsp3) is 0.190. The van der Waals surface area contributed by atoms with Crippen molar-refractivity contribution in [2.24, 2.45) is 0 Å². The highest BCUT2D eigenvalue weighted by Crippen LogP contribution is 2.28. The van der Waals surface area contributed by atoms with Crippen LogP contribution in [0.4, 0.5) is 10.5 Å². The normalized spacial score (nSPS) is 10.6. The molecule has 3 rings (SSSR count). The van der Waals surface area contributed by atoms with Gasteiger partial charge in [-0.3, -0.25) is 9.59 Å². The van der Waals surface area contributed by atoms with Crippen LogP contribution in [0, 0.1) is 6.92 Å². The van der Waals surface area contributed by atoms with Crippen LogP contribution in [0.3, 0.4) is 0 Å². The molecule has 0 aliphatic carbocycles. The predicted octanol–water partition coefficient (Wildman–Crippen LogP) is 5.30. The van der Waals surface area contributed by atoms with Crippen molar-refractivity contribution in [1.29, 1.82) is 0 Å². The number of anilines is 1. The van der Waals surface area contributed by atoms with Gasteiger partial charge >= 0.3 is 0 Å². The van der Waals surface area contributed by atoms with Crippen molar-refractivity contribution in [3.05, 3.63) is 71.6 Å². The molecule has 0 atom stereocenters. The van der Waals surface area contributed by atoms with Crippen LogP contribution in [0.25, 0.3) is 0 Å². The Morgan fingerprint density at radius 2 is 1.83 bits per heavy atom. The summed E-state index contributed by atoms with van der Waals surface area (Å²) in [6.45, 7) is 1.87. The number of nitrogens with zero attached hydrogens (tertiary/aromatic N) is 2. The first-order valence-electron chi connectivity index (χ1n) is 8.87. The molecule has 3 aromatic rings. The molecule has 1 heterocycles. The maximum absolute atomic E-state index is 12.8. The van der Waals surface area contributed by atoms with Crippen LogP contribution in [-0.4, -0.2) is 35.3 Å². The van der Waals surface area contributed by atoms with Crippen molar-refractivity contribution >= 4 is 40.4 Å². The Balaban J connectivity index is 1.65. The number of aromatic nitrogens is 1. The Morgan fingerprint density at radius 3 is 2.48 bits per heavy atom. The summed E-state index contributed by atoms with van der Waals surface area (Å²) in [5.74, 6) is 1.17. The van der Waals surface area contributed by atoms with Gasteiger partial charge in [0.25, 0.3) is 11.1 Å². The van der Waals surface area contributed by atoms with Gasteiger partial charge in [-0.1, -0.05) is 17.3 Å². The van der Waals surface area contributed by atoms with E-state index in [1.54, 1.807) is 32.3 Å². The summed E-state index contributed by atoms with van der Waals surface area (Å²) >= 11 is 2.67. The number of carbonyl (C=O) groups is 2. The second kappa shape index (κ2) is 9.67. The first-order valence-corrected chi connectivity index (χ1v) is 10.7. The van der Waals surface area contributed by atoms with Gasteiger partial charge in [0, 0.05) is 35.6 Å². The zero-order chi connectivity index (χ0) is 20.8. The lowest BCUT2D eigenvalue weighted by molar-refractivity contribution is 0.102. The summed E-state index contributed by atoms with van der Waals surface area (Å²) in [5, 5.41) is 6.75. The maximum Gasteiger partial charge on any atom is 0.285 e. The number of carbonyl (C=O) groups excluding carboxylic acids is 2. The number of aryl methyl sites for hydroxylation is 1. The van der Waals surface area contributed by atoms with Crippen molar-refractivity contribution < 1.29 is 14.1 Å². The zero-order valence-corrected chi connectivity index (χ0v) is 18.0. The summed E-state index contributed by atoms with van der Waals surface area (Å²) < 4.78 is 5.23. The highest BCUT2D eigenvalue weighted by molar-refractivity contribution is 8.13. The molecule has 8 heteroatoms. The van der Waals surface area contributed by atoms with Crippen LogP contribution >= 0.6 is 23.5 Å². The minimum atomic E-state index is -0.188. The highest BCUT2D eigenvalue weighted by atomic mass is 32.2. The smallest absolute Gasteiger partial charge is 0.285 e. The molecule has 2 amide bonds. The molecule has 0 aliphatic rings. The van der Waals surface area contributed by atoms with Gasteiger partial charge in [0.2, 0.25) is 0 Å². The van der Waals surface area contributed by atoms with Gasteiger partial charge in [0.1, 0.15) is 5.76 Å². The first-order chi connectivity index (χ1) is 13.9. The van der Waals surface area contributed by atoms with E-state index < -0.39 is 0 Å². The fourth-order valence-electron chi connectivity index (χ4n) is 2.41. The molecule has 0 fully saturated rings. The van der Waals surface area contributed by atoms with Crippen molar-refractivity contribution in [1.82, 2.24) is 10.1 Å². The van der Waals surface area contributed by atoms with E-state index in [-0.39, 0.29) is 11.1 Å². The Kier molecular flexibility index (Phi) is 7.00. The molecule has 1 N–H and O–H groups in total. The summed E-state index contributed by atoms with van der Waals surface area (Å²) in [6, 6.07) is 16.5. The molecular weight excluding hydrogens is 406 g/mol. The van der Waals surface area contributed by atoms with E-state index in [1.165, 1.54) is 16.7 Å². The second-order valence-corrected chi connectivity index (χ2v) is 8.50. The Hall–Kier alpha value is -2.71. The van der Waals surface area contributed by atoms with Crippen LogP contribution < -0.4 is 5.32 Å². The van der Waals surface area contributed by atoms with Gasteiger partial charge < -0.3 is 14.7 Å². The van der Waals surface area contributed by atoms with E-state index in [9.17, 15) is 9.59 Å². The standard InChI is InChI=1S/C21H21N3O3S2/c1-14-12-16(27-23-14)13-28-19-7-5-4-6-18(19)20(25)22-15-8-10-17(11-9-15)29-21(26)24(2)3/h4-12H,13H2,1-3H3,(H,22,25). The Labute approximate surface area is 178 Å². The highest BCUT2D eigenvalue weighted by Gasteiger charge is 2.13. The van der Waals surface area contributed by atoms with Gasteiger partial charge in [-0.05, 0) is 55.1 Å². The minimum Gasteiger partial charge on any atom is -0.360 e. The second-order valence-electron chi connectivity index (χ2n) is 6.46. The SMILES string of the molecule is Cc1cc(CSc2ccccc2C(=O)Nc2ccc(SC(=O)N(C)C)cc2)on1. The summed E-state index contributed by atoms with van der Waals surface area (Å²) in [7, 11) is 3.42. The molecule has 0 bridgehead atoms. The molecule has 0 saturated heterocycles. The van der Waals surface area contributed by atoms with E-state index >= 15 is 0 Å². The van der Waals surface area contributed by atoms with E-state index in [0.29, 0.717) is 17.0 Å². The van der Waals surface area contributed by atoms with Gasteiger partial charge in [-0.25, -0.2) is 0 Å². The third-order valence-electron chi connectivity index (χ3n) is 3.86. The van der Waals surface area contributed by atoms with Crippen molar-refractivity contribution in [2.75, 3.05) is 19.4 Å². The fourth-order valence-corrected chi connectivity index (χ4v) is 3.99. The number of thioether (sulfide) groups is 2. The van der Waals surface area contributed by atoms with Crippen molar-refractivity contribution in [3.8, 4) is 0 Å². The molecule has 0 radical (unpaired) electrons. The molecule has 29 heavy (non-hydrogen) atoms. The topological polar surface area (TPSA) is 75.4 Å². The third-order valence-corrected chi connectivity index (χ3v) is 6.00. The van der Waals surface area contributed by atoms with Gasteiger partial charge in [-0.15, -0.1) is 11.8 Å². The lowest BCUT2D eigenvalue weighted by Gasteiger charge is -2.11. The summed E-state index contributed by atoms with van der Waals surface area (Å²) in [6.07, 6.45) is 0. The van der Waals surface area contributed by atoms with Gasteiger partial charge in [0.15, 0.2) is 0 Å². The van der Waals surface area contributed by atoms with Crippen molar-refractivity contribution in [2.45, 2.75) is 22.5 Å². The van der Waals surface area contributed by atoms with Crippen LogP contribution in [0.15, 0.2) is 68.9 Å². The quantitative estimate of drug-likeness (QED) is 0.538.